The highest BCUT2D eigenvalue weighted by Crippen LogP contribution is 2.27. The maximum atomic E-state index is 6.26. The molecule has 2 rings (SSSR count). The second-order valence-corrected chi connectivity index (χ2v) is 5.92. The summed E-state index contributed by atoms with van der Waals surface area (Å²) in [4.78, 5) is 0. The van der Waals surface area contributed by atoms with Gasteiger partial charge < -0.3 is 5.32 Å². The van der Waals surface area contributed by atoms with Crippen molar-refractivity contribution in [3.05, 3.63) is 16.4 Å². The minimum atomic E-state index is 0.566. The van der Waals surface area contributed by atoms with Crippen LogP contribution in [0.1, 0.15) is 50.4 Å². The first-order valence-electron chi connectivity index (χ1n) is 7.01. The van der Waals surface area contributed by atoms with Crippen molar-refractivity contribution >= 4 is 11.6 Å². The average Bonchev–Trinajstić information content (AvgIpc) is 2.62. The molecule has 1 saturated carbocycles. The van der Waals surface area contributed by atoms with E-state index >= 15 is 0 Å². The number of hydrogen-bond donors (Lipinski definition) is 1. The van der Waals surface area contributed by atoms with Gasteiger partial charge in [0.15, 0.2) is 0 Å². The van der Waals surface area contributed by atoms with Gasteiger partial charge in [0.1, 0.15) is 0 Å². The van der Waals surface area contributed by atoms with Crippen LogP contribution in [0, 0.1) is 12.8 Å². The molecule has 1 aliphatic rings. The Morgan fingerprint density at radius 3 is 2.61 bits per heavy atom. The molecule has 0 bridgehead atoms. The highest BCUT2D eigenvalue weighted by molar-refractivity contribution is 6.31. The van der Waals surface area contributed by atoms with Crippen LogP contribution in [-0.2, 0) is 13.6 Å². The van der Waals surface area contributed by atoms with Crippen molar-refractivity contribution in [2.45, 2.75) is 58.5 Å². The Morgan fingerprint density at radius 2 is 2.06 bits per heavy atom. The molecule has 0 aliphatic heterocycles. The molecule has 1 atom stereocenters. The molecule has 0 saturated heterocycles. The standard InChI is InChI=1S/C14H24ClN3/c1-10(12-7-5-4-6-8-12)16-9-13-14(15)11(2)17-18(13)3/h10,12,16H,4-9H2,1-3H3. The van der Waals surface area contributed by atoms with Crippen LogP contribution in [0.25, 0.3) is 0 Å². The summed E-state index contributed by atoms with van der Waals surface area (Å²) in [5, 5.41) is 8.77. The second kappa shape index (κ2) is 6.07. The third-order valence-electron chi connectivity index (χ3n) is 4.21. The van der Waals surface area contributed by atoms with Gasteiger partial charge in [0, 0.05) is 19.6 Å². The zero-order chi connectivity index (χ0) is 13.1. The predicted octanol–water partition coefficient (Wildman–Crippen LogP) is 3.44. The quantitative estimate of drug-likeness (QED) is 0.907. The van der Waals surface area contributed by atoms with Gasteiger partial charge in [0.05, 0.1) is 16.4 Å². The van der Waals surface area contributed by atoms with Crippen LogP contribution in [0.4, 0.5) is 0 Å². The van der Waals surface area contributed by atoms with Gasteiger partial charge in [0.2, 0.25) is 0 Å². The van der Waals surface area contributed by atoms with Crippen molar-refractivity contribution in [3.63, 3.8) is 0 Å². The molecule has 1 aromatic heterocycles. The van der Waals surface area contributed by atoms with E-state index in [1.165, 1.54) is 32.1 Å². The molecule has 18 heavy (non-hydrogen) atoms. The predicted molar refractivity (Wildman–Crippen MR) is 75.8 cm³/mol. The number of nitrogens with one attached hydrogen (secondary N) is 1. The van der Waals surface area contributed by atoms with E-state index in [9.17, 15) is 0 Å². The molecular weight excluding hydrogens is 246 g/mol. The highest BCUT2D eigenvalue weighted by Gasteiger charge is 2.20. The first-order valence-corrected chi connectivity index (χ1v) is 7.38. The van der Waals surface area contributed by atoms with Crippen molar-refractivity contribution in [2.75, 3.05) is 0 Å². The van der Waals surface area contributed by atoms with E-state index in [-0.39, 0.29) is 0 Å². The van der Waals surface area contributed by atoms with Gasteiger partial charge in [-0.15, -0.1) is 0 Å². The Hall–Kier alpha value is -0.540. The summed E-state index contributed by atoms with van der Waals surface area (Å²) in [5.74, 6) is 0.826. The van der Waals surface area contributed by atoms with E-state index in [0.29, 0.717) is 6.04 Å². The van der Waals surface area contributed by atoms with Crippen LogP contribution in [-0.4, -0.2) is 15.8 Å². The summed E-state index contributed by atoms with van der Waals surface area (Å²) in [6, 6.07) is 0.566. The van der Waals surface area contributed by atoms with Gasteiger partial charge in [0.25, 0.3) is 0 Å². The molecule has 4 heteroatoms. The van der Waals surface area contributed by atoms with E-state index in [0.717, 1.165) is 28.9 Å². The molecule has 0 spiro atoms. The maximum absolute atomic E-state index is 6.26. The van der Waals surface area contributed by atoms with Gasteiger partial charge in [-0.1, -0.05) is 30.9 Å². The zero-order valence-electron chi connectivity index (χ0n) is 11.7. The number of nitrogens with zero attached hydrogens (tertiary/aromatic N) is 2. The Kier molecular flexibility index (Phi) is 4.68. The highest BCUT2D eigenvalue weighted by atomic mass is 35.5. The Bertz CT molecular complexity index is 394. The molecule has 0 radical (unpaired) electrons. The van der Waals surface area contributed by atoms with Crippen LogP contribution in [0.15, 0.2) is 0 Å². The Balaban J connectivity index is 1.90. The first-order chi connectivity index (χ1) is 8.59. The number of halogens is 1. The first kappa shape index (κ1) is 13.9. The van der Waals surface area contributed by atoms with Crippen LogP contribution in [0.2, 0.25) is 5.02 Å². The third kappa shape index (κ3) is 3.07. The van der Waals surface area contributed by atoms with E-state index in [1.807, 2.05) is 18.7 Å². The van der Waals surface area contributed by atoms with E-state index in [4.69, 9.17) is 11.6 Å². The molecule has 1 unspecified atom stereocenters. The van der Waals surface area contributed by atoms with Gasteiger partial charge >= 0.3 is 0 Å². The summed E-state index contributed by atoms with van der Waals surface area (Å²) in [6.07, 6.45) is 6.93. The number of rotatable bonds is 4. The van der Waals surface area contributed by atoms with E-state index < -0.39 is 0 Å². The summed E-state index contributed by atoms with van der Waals surface area (Å²) < 4.78 is 1.89. The molecule has 1 N–H and O–H groups in total. The van der Waals surface area contributed by atoms with Crippen molar-refractivity contribution in [3.8, 4) is 0 Å². The minimum Gasteiger partial charge on any atom is -0.308 e. The van der Waals surface area contributed by atoms with E-state index in [2.05, 4.69) is 17.3 Å². The molecular formula is C14H24ClN3. The fourth-order valence-corrected chi connectivity index (χ4v) is 3.16. The molecule has 0 aromatic carbocycles. The number of aromatic nitrogens is 2. The van der Waals surface area contributed by atoms with Crippen LogP contribution >= 0.6 is 11.6 Å². The van der Waals surface area contributed by atoms with Gasteiger partial charge in [-0.2, -0.15) is 5.10 Å². The van der Waals surface area contributed by atoms with E-state index in [1.54, 1.807) is 0 Å². The third-order valence-corrected chi connectivity index (χ3v) is 4.70. The SMILES string of the molecule is Cc1nn(C)c(CNC(C)C2CCCCC2)c1Cl. The van der Waals surface area contributed by atoms with Crippen LogP contribution in [0.3, 0.4) is 0 Å². The lowest BCUT2D eigenvalue weighted by Gasteiger charge is -2.28. The molecule has 1 heterocycles. The van der Waals surface area contributed by atoms with Gasteiger partial charge in [-0.05, 0) is 32.6 Å². The topological polar surface area (TPSA) is 29.9 Å². The van der Waals surface area contributed by atoms with Crippen LogP contribution < -0.4 is 5.32 Å². The fraction of sp³-hybridized carbons (Fsp3) is 0.786. The number of hydrogen-bond acceptors (Lipinski definition) is 2. The largest absolute Gasteiger partial charge is 0.308 e. The molecule has 102 valence electrons. The Morgan fingerprint density at radius 1 is 1.39 bits per heavy atom. The Labute approximate surface area is 115 Å². The summed E-state index contributed by atoms with van der Waals surface area (Å²) in [5.41, 5.74) is 2.01. The molecule has 1 aromatic rings. The van der Waals surface area contributed by atoms with Crippen molar-refractivity contribution < 1.29 is 0 Å². The van der Waals surface area contributed by atoms with Crippen LogP contribution in [0.5, 0.6) is 0 Å². The van der Waals surface area contributed by atoms with Crippen molar-refractivity contribution in [1.29, 1.82) is 0 Å². The molecule has 1 aliphatic carbocycles. The minimum absolute atomic E-state index is 0.566. The normalized spacial score (nSPS) is 19.1. The van der Waals surface area contributed by atoms with Crippen molar-refractivity contribution in [1.82, 2.24) is 15.1 Å². The molecule has 1 fully saturated rings. The second-order valence-electron chi connectivity index (χ2n) is 5.54. The monoisotopic (exact) mass is 269 g/mol. The molecule has 0 amide bonds. The summed E-state index contributed by atoms with van der Waals surface area (Å²) >= 11 is 6.26. The lowest BCUT2D eigenvalue weighted by molar-refractivity contribution is 0.279. The summed E-state index contributed by atoms with van der Waals surface area (Å²) in [6.45, 7) is 5.07. The fourth-order valence-electron chi connectivity index (χ4n) is 2.93. The smallest absolute Gasteiger partial charge is 0.0860 e. The maximum Gasteiger partial charge on any atom is 0.0860 e. The zero-order valence-corrected chi connectivity index (χ0v) is 12.4. The lowest BCUT2D eigenvalue weighted by Crippen LogP contribution is -2.34. The average molecular weight is 270 g/mol. The van der Waals surface area contributed by atoms with Crippen molar-refractivity contribution in [2.24, 2.45) is 13.0 Å². The van der Waals surface area contributed by atoms with Gasteiger partial charge in [-0.25, -0.2) is 0 Å². The van der Waals surface area contributed by atoms with Gasteiger partial charge in [-0.3, -0.25) is 4.68 Å². The number of aryl methyl sites for hydroxylation is 2. The lowest BCUT2D eigenvalue weighted by atomic mass is 9.84. The molecule has 3 nitrogen and oxygen atoms in total. The summed E-state index contributed by atoms with van der Waals surface area (Å²) in [7, 11) is 1.96.